The van der Waals surface area contributed by atoms with Gasteiger partial charge in [-0.15, -0.1) is 0 Å². The van der Waals surface area contributed by atoms with E-state index in [1.807, 2.05) is 25.1 Å². The molecular formula is C13H10ClN3. The minimum Gasteiger partial charge on any atom is -0.265 e. The Morgan fingerprint density at radius 2 is 2.06 bits per heavy atom. The molecule has 0 saturated heterocycles. The van der Waals surface area contributed by atoms with Crippen molar-refractivity contribution >= 4 is 11.6 Å². The Morgan fingerprint density at radius 1 is 1.35 bits per heavy atom. The highest BCUT2D eigenvalue weighted by Crippen LogP contribution is 2.26. The van der Waals surface area contributed by atoms with Crippen molar-refractivity contribution in [1.29, 1.82) is 5.26 Å². The largest absolute Gasteiger partial charge is 0.265 e. The number of aromatic nitrogens is 2. The highest BCUT2D eigenvalue weighted by Gasteiger charge is 2.10. The van der Waals surface area contributed by atoms with Crippen LogP contribution in [-0.4, -0.2) is 9.97 Å². The SMILES string of the molecule is CCc1nc(Cl)c(C#N)cc1-c1ccncc1. The third kappa shape index (κ3) is 2.27. The second kappa shape index (κ2) is 4.94. The van der Waals surface area contributed by atoms with Gasteiger partial charge in [0.05, 0.1) is 5.56 Å². The van der Waals surface area contributed by atoms with Gasteiger partial charge >= 0.3 is 0 Å². The minimum atomic E-state index is 0.266. The first-order valence-corrected chi connectivity index (χ1v) is 5.64. The van der Waals surface area contributed by atoms with E-state index in [-0.39, 0.29) is 5.15 Å². The normalized spacial score (nSPS) is 9.94. The Balaban J connectivity index is 2.65. The lowest BCUT2D eigenvalue weighted by Gasteiger charge is -2.08. The van der Waals surface area contributed by atoms with Crippen LogP contribution in [0.2, 0.25) is 5.15 Å². The number of pyridine rings is 2. The zero-order valence-electron chi connectivity index (χ0n) is 9.31. The molecule has 0 bridgehead atoms. The van der Waals surface area contributed by atoms with Crippen molar-refractivity contribution in [1.82, 2.24) is 9.97 Å². The molecule has 2 rings (SSSR count). The first kappa shape index (κ1) is 11.6. The average Bonchev–Trinajstić information content (AvgIpc) is 2.39. The fourth-order valence-electron chi connectivity index (χ4n) is 1.66. The summed E-state index contributed by atoms with van der Waals surface area (Å²) in [6, 6.07) is 7.62. The number of hydrogen-bond acceptors (Lipinski definition) is 3. The summed E-state index contributed by atoms with van der Waals surface area (Å²) in [4.78, 5) is 8.24. The molecule has 2 aromatic rings. The van der Waals surface area contributed by atoms with Gasteiger partial charge in [0.2, 0.25) is 0 Å². The second-order valence-corrected chi connectivity index (χ2v) is 3.88. The first-order chi connectivity index (χ1) is 8.26. The summed E-state index contributed by atoms with van der Waals surface area (Å²) in [6.07, 6.45) is 4.20. The maximum absolute atomic E-state index is 8.97. The number of nitrogens with zero attached hydrogens (tertiary/aromatic N) is 3. The predicted molar refractivity (Wildman–Crippen MR) is 66.6 cm³/mol. The van der Waals surface area contributed by atoms with E-state index in [2.05, 4.69) is 9.97 Å². The summed E-state index contributed by atoms with van der Waals surface area (Å²) in [5, 5.41) is 9.23. The molecule has 0 N–H and O–H groups in total. The van der Waals surface area contributed by atoms with E-state index in [1.165, 1.54) is 0 Å². The van der Waals surface area contributed by atoms with Crippen molar-refractivity contribution in [3.05, 3.63) is 47.0 Å². The summed E-state index contributed by atoms with van der Waals surface area (Å²) in [5.41, 5.74) is 3.23. The van der Waals surface area contributed by atoms with E-state index in [1.54, 1.807) is 18.5 Å². The Morgan fingerprint density at radius 3 is 2.65 bits per heavy atom. The van der Waals surface area contributed by atoms with Gasteiger partial charge < -0.3 is 0 Å². The van der Waals surface area contributed by atoms with Gasteiger partial charge in [0.15, 0.2) is 0 Å². The Hall–Kier alpha value is -1.92. The molecule has 17 heavy (non-hydrogen) atoms. The first-order valence-electron chi connectivity index (χ1n) is 5.26. The van der Waals surface area contributed by atoms with Gasteiger partial charge in [-0.3, -0.25) is 4.98 Å². The third-order valence-electron chi connectivity index (χ3n) is 2.50. The predicted octanol–water partition coefficient (Wildman–Crippen LogP) is 3.23. The Labute approximate surface area is 105 Å². The minimum absolute atomic E-state index is 0.266. The molecular weight excluding hydrogens is 234 g/mol. The monoisotopic (exact) mass is 243 g/mol. The van der Waals surface area contributed by atoms with Gasteiger partial charge in [0, 0.05) is 23.7 Å². The zero-order valence-corrected chi connectivity index (χ0v) is 10.1. The fraction of sp³-hybridized carbons (Fsp3) is 0.154. The van der Waals surface area contributed by atoms with Crippen molar-refractivity contribution in [3.63, 3.8) is 0 Å². The lowest BCUT2D eigenvalue weighted by molar-refractivity contribution is 1.04. The third-order valence-corrected chi connectivity index (χ3v) is 2.79. The van der Waals surface area contributed by atoms with Crippen LogP contribution in [-0.2, 0) is 6.42 Å². The zero-order chi connectivity index (χ0) is 12.3. The fourth-order valence-corrected chi connectivity index (χ4v) is 1.85. The molecule has 2 heterocycles. The smallest absolute Gasteiger partial charge is 0.147 e. The number of halogens is 1. The summed E-state index contributed by atoms with van der Waals surface area (Å²) >= 11 is 5.92. The summed E-state index contributed by atoms with van der Waals surface area (Å²) in [5.74, 6) is 0. The molecule has 0 aliphatic carbocycles. The van der Waals surface area contributed by atoms with E-state index in [4.69, 9.17) is 16.9 Å². The molecule has 84 valence electrons. The number of rotatable bonds is 2. The number of aryl methyl sites for hydroxylation is 1. The van der Waals surface area contributed by atoms with E-state index in [0.29, 0.717) is 5.56 Å². The van der Waals surface area contributed by atoms with Gasteiger partial charge in [0.25, 0.3) is 0 Å². The lowest BCUT2D eigenvalue weighted by Crippen LogP contribution is -1.95. The van der Waals surface area contributed by atoms with Crippen LogP contribution in [0.15, 0.2) is 30.6 Å². The van der Waals surface area contributed by atoms with Crippen molar-refractivity contribution in [2.24, 2.45) is 0 Å². The van der Waals surface area contributed by atoms with Crippen molar-refractivity contribution in [3.8, 4) is 17.2 Å². The molecule has 0 amide bonds. The molecule has 3 nitrogen and oxygen atoms in total. The van der Waals surface area contributed by atoms with Crippen molar-refractivity contribution in [2.45, 2.75) is 13.3 Å². The van der Waals surface area contributed by atoms with Crippen LogP contribution in [0.4, 0.5) is 0 Å². The van der Waals surface area contributed by atoms with Gasteiger partial charge in [-0.05, 0) is 30.2 Å². The Kier molecular flexibility index (Phi) is 3.36. The molecule has 0 fully saturated rings. The standard InChI is InChI=1S/C13H10ClN3/c1-2-12-11(9-3-5-16-6-4-9)7-10(8-15)13(14)17-12/h3-7H,2H2,1H3. The second-order valence-electron chi connectivity index (χ2n) is 3.52. The quantitative estimate of drug-likeness (QED) is 0.761. The topological polar surface area (TPSA) is 49.6 Å². The maximum Gasteiger partial charge on any atom is 0.147 e. The number of hydrogen-bond donors (Lipinski definition) is 0. The molecule has 0 aliphatic rings. The highest BCUT2D eigenvalue weighted by molar-refractivity contribution is 6.30. The summed E-state index contributed by atoms with van der Waals surface area (Å²) < 4.78 is 0. The van der Waals surface area contributed by atoms with Crippen LogP contribution in [0.5, 0.6) is 0 Å². The van der Waals surface area contributed by atoms with Gasteiger partial charge in [-0.1, -0.05) is 18.5 Å². The van der Waals surface area contributed by atoms with Crippen molar-refractivity contribution < 1.29 is 0 Å². The van der Waals surface area contributed by atoms with Crippen LogP contribution in [0, 0.1) is 11.3 Å². The number of nitriles is 1. The van der Waals surface area contributed by atoms with Gasteiger partial charge in [-0.25, -0.2) is 4.98 Å². The molecule has 0 aromatic carbocycles. The van der Waals surface area contributed by atoms with Crippen LogP contribution >= 0.6 is 11.6 Å². The van der Waals surface area contributed by atoms with Crippen LogP contribution in [0.25, 0.3) is 11.1 Å². The molecule has 4 heteroatoms. The van der Waals surface area contributed by atoms with Gasteiger partial charge in [-0.2, -0.15) is 5.26 Å². The Bertz CT molecular complexity index is 573. The van der Waals surface area contributed by atoms with E-state index >= 15 is 0 Å². The molecule has 0 spiro atoms. The van der Waals surface area contributed by atoms with Gasteiger partial charge in [0.1, 0.15) is 11.2 Å². The highest BCUT2D eigenvalue weighted by atomic mass is 35.5. The van der Waals surface area contributed by atoms with Crippen LogP contribution in [0.3, 0.4) is 0 Å². The molecule has 0 atom stereocenters. The van der Waals surface area contributed by atoms with E-state index in [0.717, 1.165) is 23.2 Å². The van der Waals surface area contributed by atoms with Crippen LogP contribution < -0.4 is 0 Å². The molecule has 2 aromatic heterocycles. The van der Waals surface area contributed by atoms with Crippen LogP contribution in [0.1, 0.15) is 18.2 Å². The summed E-state index contributed by atoms with van der Waals surface area (Å²) in [7, 11) is 0. The lowest BCUT2D eigenvalue weighted by atomic mass is 10.0. The average molecular weight is 244 g/mol. The van der Waals surface area contributed by atoms with E-state index in [9.17, 15) is 0 Å². The van der Waals surface area contributed by atoms with Crippen molar-refractivity contribution in [2.75, 3.05) is 0 Å². The molecule has 0 radical (unpaired) electrons. The molecule has 0 aliphatic heterocycles. The van der Waals surface area contributed by atoms with E-state index < -0.39 is 0 Å². The molecule has 0 saturated carbocycles. The maximum atomic E-state index is 8.97. The molecule has 0 unspecified atom stereocenters. The summed E-state index contributed by atoms with van der Waals surface area (Å²) in [6.45, 7) is 2.01.